The summed E-state index contributed by atoms with van der Waals surface area (Å²) < 4.78 is 16.7. The van der Waals surface area contributed by atoms with E-state index in [1.807, 2.05) is 25.1 Å². The van der Waals surface area contributed by atoms with E-state index in [4.69, 9.17) is 19.3 Å². The number of benzene rings is 4. The summed E-state index contributed by atoms with van der Waals surface area (Å²) in [7, 11) is 1.66. The predicted molar refractivity (Wildman–Crippen MR) is 142 cm³/mol. The maximum Gasteiger partial charge on any atom is 0.341 e. The molecule has 4 aromatic carbocycles. The Bertz CT molecular complexity index is 1260. The van der Waals surface area contributed by atoms with Crippen molar-refractivity contribution in [3.8, 4) is 39.5 Å². The first-order chi connectivity index (χ1) is 17.4. The fraction of sp³-hybridized carbons (Fsp3) is 0.194. The number of rotatable bonds is 10. The monoisotopic (exact) mass is 482 g/mol. The van der Waals surface area contributed by atoms with Gasteiger partial charge in [0, 0.05) is 0 Å². The van der Waals surface area contributed by atoms with Crippen LogP contribution in [0.1, 0.15) is 23.6 Å². The summed E-state index contributed by atoms with van der Waals surface area (Å²) in [5.74, 6) is 1.04. The molecule has 0 radical (unpaired) electrons. The Morgan fingerprint density at radius 2 is 1.33 bits per heavy atom. The van der Waals surface area contributed by atoms with Gasteiger partial charge in [-0.2, -0.15) is 0 Å². The van der Waals surface area contributed by atoms with Gasteiger partial charge < -0.3 is 19.3 Å². The summed E-state index contributed by atoms with van der Waals surface area (Å²) in [5, 5.41) is 8.84. The van der Waals surface area contributed by atoms with E-state index in [-0.39, 0.29) is 6.61 Å². The Kier molecular flexibility index (Phi) is 7.91. The van der Waals surface area contributed by atoms with Gasteiger partial charge in [-0.25, -0.2) is 4.79 Å². The van der Waals surface area contributed by atoms with Gasteiger partial charge in [-0.15, -0.1) is 0 Å². The van der Waals surface area contributed by atoms with Gasteiger partial charge in [0.25, 0.3) is 0 Å². The van der Waals surface area contributed by atoms with Crippen LogP contribution in [0.15, 0.2) is 84.9 Å². The second-order valence-corrected chi connectivity index (χ2v) is 8.60. The molecule has 36 heavy (non-hydrogen) atoms. The number of methoxy groups -OCH3 is 1. The first-order valence-corrected chi connectivity index (χ1v) is 11.9. The number of aryl methyl sites for hydroxylation is 2. The highest BCUT2D eigenvalue weighted by Gasteiger charge is 2.09. The molecule has 0 amide bonds. The van der Waals surface area contributed by atoms with E-state index in [1.165, 1.54) is 5.56 Å². The summed E-state index contributed by atoms with van der Waals surface area (Å²) >= 11 is 0. The van der Waals surface area contributed by atoms with E-state index < -0.39 is 5.97 Å². The molecule has 4 aromatic rings. The first-order valence-electron chi connectivity index (χ1n) is 11.9. The molecule has 1 N–H and O–H groups in total. The van der Waals surface area contributed by atoms with Gasteiger partial charge in [0.15, 0.2) is 6.61 Å². The van der Waals surface area contributed by atoms with Gasteiger partial charge in [0.1, 0.15) is 23.9 Å². The molecule has 0 aromatic heterocycles. The lowest BCUT2D eigenvalue weighted by Crippen LogP contribution is -2.10. The van der Waals surface area contributed by atoms with Gasteiger partial charge in [0.2, 0.25) is 0 Å². The Balaban J connectivity index is 1.61. The standard InChI is InChI=1S/C31H30O5/c1-4-22-5-7-24(8-6-22)26-16-23(17-27(18-26)25-9-11-28(34-3)12-10-25)19-35-29-13-14-30(21(2)15-29)36-20-31(32)33/h5-18H,4,19-20H2,1-3H3,(H,32,33). The third-order valence-electron chi connectivity index (χ3n) is 6.01. The predicted octanol–water partition coefficient (Wildman–Crippen LogP) is 6.94. The van der Waals surface area contributed by atoms with Crippen LogP contribution in [0.4, 0.5) is 0 Å². The topological polar surface area (TPSA) is 65.0 Å². The molecule has 0 heterocycles. The zero-order chi connectivity index (χ0) is 25.5. The second kappa shape index (κ2) is 11.5. The van der Waals surface area contributed by atoms with Crippen LogP contribution in [0, 0.1) is 6.92 Å². The molecule has 0 saturated carbocycles. The fourth-order valence-corrected chi connectivity index (χ4v) is 4.00. The highest BCUT2D eigenvalue weighted by Crippen LogP contribution is 2.31. The normalized spacial score (nSPS) is 10.6. The van der Waals surface area contributed by atoms with Gasteiger partial charge in [-0.05, 0) is 101 Å². The lowest BCUT2D eigenvalue weighted by Gasteiger charge is -2.14. The number of ether oxygens (including phenoxy) is 3. The Morgan fingerprint density at radius 1 is 0.722 bits per heavy atom. The number of carboxylic acids is 1. The van der Waals surface area contributed by atoms with Crippen molar-refractivity contribution in [1.82, 2.24) is 0 Å². The van der Waals surface area contributed by atoms with Crippen LogP contribution in [0.3, 0.4) is 0 Å². The van der Waals surface area contributed by atoms with E-state index in [0.717, 1.165) is 45.6 Å². The molecule has 5 nitrogen and oxygen atoms in total. The zero-order valence-electron chi connectivity index (χ0n) is 20.8. The average molecular weight is 483 g/mol. The van der Waals surface area contributed by atoms with Crippen LogP contribution in [0.25, 0.3) is 22.3 Å². The Hall–Kier alpha value is -4.25. The minimum Gasteiger partial charge on any atom is -0.497 e. The van der Waals surface area contributed by atoms with Crippen LogP contribution < -0.4 is 14.2 Å². The molecule has 0 unspecified atom stereocenters. The molecular formula is C31H30O5. The molecule has 5 heteroatoms. The lowest BCUT2D eigenvalue weighted by molar-refractivity contribution is -0.139. The number of hydrogen-bond acceptors (Lipinski definition) is 4. The maximum atomic E-state index is 10.8. The molecule has 0 aliphatic carbocycles. The van der Waals surface area contributed by atoms with Crippen molar-refractivity contribution >= 4 is 5.97 Å². The van der Waals surface area contributed by atoms with Crippen LogP contribution in [0.5, 0.6) is 17.2 Å². The SMILES string of the molecule is CCc1ccc(-c2cc(COc3ccc(OCC(=O)O)c(C)c3)cc(-c3ccc(OC)cc3)c2)cc1. The fourth-order valence-electron chi connectivity index (χ4n) is 4.00. The largest absolute Gasteiger partial charge is 0.497 e. The van der Waals surface area contributed by atoms with E-state index >= 15 is 0 Å². The summed E-state index contributed by atoms with van der Waals surface area (Å²) in [6.07, 6.45) is 1.00. The van der Waals surface area contributed by atoms with Crippen molar-refractivity contribution in [2.24, 2.45) is 0 Å². The van der Waals surface area contributed by atoms with Gasteiger partial charge in [-0.1, -0.05) is 43.3 Å². The van der Waals surface area contributed by atoms with Gasteiger partial charge in [-0.3, -0.25) is 0 Å². The maximum absolute atomic E-state index is 10.8. The van der Waals surface area contributed by atoms with Crippen molar-refractivity contribution < 1.29 is 24.1 Å². The summed E-state index contributed by atoms with van der Waals surface area (Å²) in [6, 6.07) is 28.6. The molecule has 0 spiro atoms. The van der Waals surface area contributed by atoms with E-state index in [2.05, 4.69) is 61.5 Å². The van der Waals surface area contributed by atoms with E-state index in [0.29, 0.717) is 18.1 Å². The molecule has 0 fully saturated rings. The molecular weight excluding hydrogens is 452 g/mol. The lowest BCUT2D eigenvalue weighted by atomic mass is 9.95. The molecule has 0 saturated heterocycles. The molecule has 4 rings (SSSR count). The van der Waals surface area contributed by atoms with Crippen molar-refractivity contribution in [3.05, 3.63) is 102 Å². The zero-order valence-corrected chi connectivity index (χ0v) is 20.8. The van der Waals surface area contributed by atoms with Crippen LogP contribution in [-0.2, 0) is 17.8 Å². The van der Waals surface area contributed by atoms with Crippen LogP contribution in [-0.4, -0.2) is 24.8 Å². The molecule has 0 atom stereocenters. The third kappa shape index (κ3) is 6.25. The quantitative estimate of drug-likeness (QED) is 0.265. The third-order valence-corrected chi connectivity index (χ3v) is 6.01. The number of aliphatic carboxylic acids is 1. The number of carbonyl (C=O) groups is 1. The highest BCUT2D eigenvalue weighted by molar-refractivity contribution is 5.74. The van der Waals surface area contributed by atoms with Crippen molar-refractivity contribution in [1.29, 1.82) is 0 Å². The minimum absolute atomic E-state index is 0.374. The van der Waals surface area contributed by atoms with E-state index in [9.17, 15) is 4.79 Å². The Labute approximate surface area is 211 Å². The number of hydrogen-bond donors (Lipinski definition) is 1. The number of carboxylic acid groups (broad SMARTS) is 1. The smallest absolute Gasteiger partial charge is 0.341 e. The molecule has 0 aliphatic rings. The molecule has 184 valence electrons. The van der Waals surface area contributed by atoms with Crippen LogP contribution >= 0.6 is 0 Å². The Morgan fingerprint density at radius 3 is 1.89 bits per heavy atom. The van der Waals surface area contributed by atoms with Gasteiger partial charge in [0.05, 0.1) is 7.11 Å². The molecule has 0 aliphatic heterocycles. The average Bonchev–Trinajstić information content (AvgIpc) is 2.91. The van der Waals surface area contributed by atoms with Crippen molar-refractivity contribution in [3.63, 3.8) is 0 Å². The summed E-state index contributed by atoms with van der Waals surface area (Å²) in [5.41, 5.74) is 7.64. The summed E-state index contributed by atoms with van der Waals surface area (Å²) in [6.45, 7) is 4.04. The second-order valence-electron chi connectivity index (χ2n) is 8.60. The minimum atomic E-state index is -1.01. The van der Waals surface area contributed by atoms with Crippen molar-refractivity contribution in [2.75, 3.05) is 13.7 Å². The summed E-state index contributed by atoms with van der Waals surface area (Å²) in [4.78, 5) is 10.8. The highest BCUT2D eigenvalue weighted by atomic mass is 16.5. The van der Waals surface area contributed by atoms with Gasteiger partial charge >= 0.3 is 5.97 Å². The molecule has 0 bridgehead atoms. The van der Waals surface area contributed by atoms with Crippen LogP contribution in [0.2, 0.25) is 0 Å². The van der Waals surface area contributed by atoms with Crippen molar-refractivity contribution in [2.45, 2.75) is 26.9 Å². The first kappa shape index (κ1) is 24.9. The van der Waals surface area contributed by atoms with E-state index in [1.54, 1.807) is 19.2 Å².